The molecule has 0 amide bonds. The molecule has 0 aliphatic carbocycles. The average Bonchev–Trinajstić information content (AvgIpc) is 1.64. The van der Waals surface area contributed by atoms with Gasteiger partial charge in [0.05, 0.1) is 33.7 Å². The van der Waals surface area contributed by atoms with E-state index in [1.54, 1.807) is 59.5 Å². The number of pyridine rings is 3. The van der Waals surface area contributed by atoms with Crippen LogP contribution < -0.4 is 37.1 Å². The first kappa shape index (κ1) is 61.2. The maximum absolute atomic E-state index is 12.5. The van der Waals surface area contributed by atoms with Gasteiger partial charge in [-0.05, 0) is 125 Å². The van der Waals surface area contributed by atoms with E-state index in [1.807, 2.05) is 85.7 Å². The monoisotopic (exact) mass is 1330 g/mol. The third kappa shape index (κ3) is 10.3. The number of aromatic amines is 2. The average molecular weight is 1330 g/mol. The first-order chi connectivity index (χ1) is 46.0. The molecule has 5 N–H and O–H groups in total. The zero-order valence-corrected chi connectivity index (χ0v) is 55.7. The van der Waals surface area contributed by atoms with Crippen LogP contribution in [0, 0.1) is 11.8 Å². The largest absolute Gasteiger partial charge is 0.376 e. The number of H-pyrrole nitrogens is 2. The number of nitrogens with zero attached hydrogens (tertiary/aromatic N) is 13. The number of nitrogens with one attached hydrogen (secondary N) is 2. The van der Waals surface area contributed by atoms with E-state index in [0.29, 0.717) is 84.0 Å². The highest BCUT2D eigenvalue weighted by Crippen LogP contribution is 2.46. The van der Waals surface area contributed by atoms with E-state index >= 15 is 0 Å². The first-order valence-corrected chi connectivity index (χ1v) is 34.2. The molecule has 18 rings (SSSR count). The fourth-order valence-electron chi connectivity index (χ4n) is 16.9. The molecule has 0 spiro atoms. The Kier molecular flexibility index (Phi) is 15.4. The molecular weight excluding hydrogens is 1260 g/mol. The molecule has 6 aliphatic rings. The summed E-state index contributed by atoms with van der Waals surface area (Å²) in [6.07, 6.45) is 30.6. The van der Waals surface area contributed by atoms with Gasteiger partial charge in [-0.25, -0.2) is 29.9 Å². The highest BCUT2D eigenvalue weighted by Gasteiger charge is 2.43. The Hall–Kier alpha value is -8.66. The molecule has 3 unspecified atom stereocenters. The lowest BCUT2D eigenvalue weighted by Crippen LogP contribution is -2.47. The van der Waals surface area contributed by atoms with Gasteiger partial charge in [-0.1, -0.05) is 66.8 Å². The van der Waals surface area contributed by atoms with Crippen LogP contribution in [0.4, 0.5) is 17.5 Å². The minimum Gasteiger partial charge on any atom is -0.376 e. The van der Waals surface area contributed by atoms with E-state index in [1.165, 1.54) is 68.8 Å². The van der Waals surface area contributed by atoms with E-state index in [0.717, 1.165) is 109 Å². The lowest BCUT2D eigenvalue weighted by molar-refractivity contribution is 0.215. The van der Waals surface area contributed by atoms with Gasteiger partial charge >= 0.3 is 0 Å². The smallest absolute Gasteiger partial charge is 0.258 e. The van der Waals surface area contributed by atoms with Crippen molar-refractivity contribution < 1.29 is 5.11 Å². The van der Waals surface area contributed by atoms with Gasteiger partial charge in [-0.15, -0.1) is 0 Å². The molecule has 9 aromatic heterocycles. The highest BCUT2D eigenvalue weighted by atomic mass is 35.5. The third-order valence-electron chi connectivity index (χ3n) is 21.4. The summed E-state index contributed by atoms with van der Waals surface area (Å²) in [5.41, 5.74) is 15.4. The molecule has 6 aliphatic heterocycles. The van der Waals surface area contributed by atoms with E-state index in [-0.39, 0.29) is 29.5 Å². The van der Waals surface area contributed by atoms with Crippen LogP contribution in [0.15, 0.2) is 125 Å². The van der Waals surface area contributed by atoms with E-state index < -0.39 is 0 Å². The molecule has 12 aromatic rings. The fraction of sp³-hybridized carbons (Fsp3) is 0.375. The summed E-state index contributed by atoms with van der Waals surface area (Å²) in [5.74, 6) is 4.29. The Morgan fingerprint density at radius 1 is 0.463 bits per heavy atom. The summed E-state index contributed by atoms with van der Waals surface area (Å²) in [6, 6.07) is 20.1. The summed E-state index contributed by atoms with van der Waals surface area (Å²) < 4.78 is 6.36. The van der Waals surface area contributed by atoms with E-state index in [4.69, 9.17) is 70.4 Å². The van der Waals surface area contributed by atoms with Gasteiger partial charge in [-0.3, -0.25) is 14.4 Å². The predicted octanol–water partition coefficient (Wildman–Crippen LogP) is 12.8. The number of benzene rings is 3. The van der Waals surface area contributed by atoms with Crippen LogP contribution in [0.5, 0.6) is 0 Å². The molecule has 0 radical (unpaired) electrons. The molecule has 20 nitrogen and oxygen atoms in total. The number of nitrogens with two attached hydrogens (primary N) is 1. The van der Waals surface area contributed by atoms with E-state index in [9.17, 15) is 19.5 Å². The molecular formula is C72H73Cl3N16O4. The van der Waals surface area contributed by atoms with Crippen molar-refractivity contribution in [1.29, 1.82) is 0 Å². The number of aromatic nitrogens is 12. The summed E-state index contributed by atoms with van der Waals surface area (Å²) in [6.45, 7) is 4.49. The van der Waals surface area contributed by atoms with Gasteiger partial charge in [0, 0.05) is 166 Å². The van der Waals surface area contributed by atoms with Gasteiger partial charge < -0.3 is 53.8 Å². The Bertz CT molecular complexity index is 5010. The number of aliphatic hydroxyl groups excluding tert-OH is 1. The number of fused-ring (bicyclic) bond motifs is 12. The van der Waals surface area contributed by atoms with Crippen molar-refractivity contribution in [2.45, 2.75) is 140 Å². The number of halogens is 3. The maximum Gasteiger partial charge on any atom is 0.258 e. The van der Waals surface area contributed by atoms with Gasteiger partial charge in [0.25, 0.3) is 16.7 Å². The molecule has 23 heteroatoms. The van der Waals surface area contributed by atoms with Crippen molar-refractivity contribution in [2.24, 2.45) is 38.7 Å². The number of hydrogen-bond acceptors (Lipinski definition) is 14. The number of rotatable bonds is 7. The normalized spacial score (nSPS) is 23.0. The molecule has 6 fully saturated rings. The Morgan fingerprint density at radius 2 is 0.811 bits per heavy atom. The molecule has 0 saturated carbocycles. The summed E-state index contributed by atoms with van der Waals surface area (Å²) >= 11 is 20.3. The van der Waals surface area contributed by atoms with Crippen LogP contribution in [0.1, 0.15) is 90.9 Å². The maximum atomic E-state index is 12.5. The van der Waals surface area contributed by atoms with Crippen LogP contribution >= 0.6 is 34.8 Å². The number of aliphatic hydroxyl groups is 1. The fourth-order valence-corrected chi connectivity index (χ4v) is 17.9. The number of hydrogen-bond donors (Lipinski definition) is 4. The van der Waals surface area contributed by atoms with Crippen molar-refractivity contribution in [3.8, 4) is 33.4 Å². The summed E-state index contributed by atoms with van der Waals surface area (Å²) in [5, 5.41) is 15.6. The predicted molar refractivity (Wildman–Crippen MR) is 379 cm³/mol. The second-order valence-corrected chi connectivity index (χ2v) is 28.6. The zero-order chi connectivity index (χ0) is 65.4. The van der Waals surface area contributed by atoms with Gasteiger partial charge in [-0.2, -0.15) is 0 Å². The molecule has 486 valence electrons. The van der Waals surface area contributed by atoms with Crippen LogP contribution in [-0.4, -0.2) is 106 Å². The minimum absolute atomic E-state index is 0.0557. The third-order valence-corrected chi connectivity index (χ3v) is 22.6. The van der Waals surface area contributed by atoms with Crippen LogP contribution in [-0.2, 0) is 27.9 Å². The molecule has 3 aromatic carbocycles. The lowest BCUT2D eigenvalue weighted by atomic mass is 9.92. The van der Waals surface area contributed by atoms with Crippen LogP contribution in [0.25, 0.3) is 99.2 Å². The number of aryl methyl sites for hydroxylation is 3. The topological polar surface area (TPSA) is 236 Å². The second kappa shape index (κ2) is 23.9. The molecule has 15 heterocycles. The Balaban J connectivity index is 0.000000112. The molecule has 6 bridgehead atoms. The Labute approximate surface area is 561 Å². The highest BCUT2D eigenvalue weighted by molar-refractivity contribution is 6.40. The summed E-state index contributed by atoms with van der Waals surface area (Å²) in [4.78, 5) is 80.4. The van der Waals surface area contributed by atoms with Crippen molar-refractivity contribution in [2.75, 3.05) is 14.7 Å². The quantitative estimate of drug-likeness (QED) is 0.116. The van der Waals surface area contributed by atoms with Crippen molar-refractivity contribution in [3.05, 3.63) is 156 Å². The van der Waals surface area contributed by atoms with Crippen LogP contribution in [0.3, 0.4) is 0 Å². The molecule has 6 saturated heterocycles. The van der Waals surface area contributed by atoms with Gasteiger partial charge in [0.1, 0.15) is 40.7 Å². The van der Waals surface area contributed by atoms with Crippen molar-refractivity contribution >= 4 is 118 Å². The zero-order valence-electron chi connectivity index (χ0n) is 53.5. The number of anilines is 3. The van der Waals surface area contributed by atoms with E-state index in [2.05, 4.69) is 38.5 Å². The van der Waals surface area contributed by atoms with Gasteiger partial charge in [0.2, 0.25) is 0 Å². The molecule has 9 atom stereocenters. The number of piperidine rings is 3. The van der Waals surface area contributed by atoms with Crippen molar-refractivity contribution in [1.82, 2.24) is 58.1 Å². The Morgan fingerprint density at radius 3 is 1.19 bits per heavy atom. The minimum atomic E-state index is -0.204. The second-order valence-electron chi connectivity index (χ2n) is 27.4. The van der Waals surface area contributed by atoms with Gasteiger partial charge in [0.15, 0.2) is 16.9 Å². The van der Waals surface area contributed by atoms with Crippen LogP contribution in [0.2, 0.25) is 15.1 Å². The lowest BCUT2D eigenvalue weighted by Gasteiger charge is -2.38. The summed E-state index contributed by atoms with van der Waals surface area (Å²) in [7, 11) is 5.20. The van der Waals surface area contributed by atoms with Crippen molar-refractivity contribution in [3.63, 3.8) is 0 Å². The molecule has 95 heavy (non-hydrogen) atoms. The standard InChI is InChI=1S/C25H26ClN5O2.C24H24ClN5O.C23H23ClN6O/c1-14-9-15-3-4-16(10-14)31(15)21-11-27-23-20(12-30(13-32)24(23)28-21)17-5-6-19-18(22(17)26)7-8-29(2)25(19)33;1-13-9-14-3-4-15(10-13)30(14)20-12-26-22-19(11-27-23(22)28-20)16-5-6-18-17(21(16)25)7-8-29(2)24(18)31;1-29-7-6-16-17(23(29)31)5-4-15(20(16)24)18-10-27-22-21(18)26-11-19(28-22)30-13-2-3-14(30)9-12(25)8-13/h5-8,11-12,14-16,32H,3-4,9-10,13H2,1-2H3;5-8,11-15H,3-4,9-10H2,1-2H3,(H,27,28);4-7,10-14H,2-3,8-9,25H2,1H3,(H,27,28)/t14?,15-,16+;13?,14-,15+;12?,13-,14+. The first-order valence-electron chi connectivity index (χ1n) is 33.1. The SMILES string of the molecule is CC1C[C@H]2CC[C@@H](C1)N2c1cnc2c(-c3ccc4c(=O)n(C)ccc4c3Cl)c[nH]c2n1.CC1C[C@H]2CC[C@@H](C1)N2c1cnc2c(-c3ccc4c(=O)n(C)ccc4c3Cl)cn(CO)c2n1.Cn1ccc2c(Cl)c(-c3c[nH]c4nc(N5[C@@H]6CC[C@H]5CC(N)C6)cnc34)ccc2c1=O.